The van der Waals surface area contributed by atoms with E-state index < -0.39 is 33.9 Å². The average Bonchev–Trinajstić information content (AvgIpc) is 2.78. The number of nitro benzene ring substituents is 1. The van der Waals surface area contributed by atoms with Gasteiger partial charge in [0.05, 0.1) is 10.8 Å². The smallest absolute Gasteiger partial charge is 0.295 e. The number of amides is 1. The number of hydrogen-bond donors (Lipinski definition) is 2. The van der Waals surface area contributed by atoms with Crippen LogP contribution in [0.25, 0.3) is 0 Å². The molecule has 2 atom stereocenters. The van der Waals surface area contributed by atoms with E-state index in [1.807, 2.05) is 0 Å². The van der Waals surface area contributed by atoms with Gasteiger partial charge in [0.1, 0.15) is 0 Å². The number of benzene rings is 1. The number of nitrogens with zero attached hydrogens (tertiary/aromatic N) is 1. The SMILES string of the molecule is NC1C=CC(C(=O)Nc2c(F)cccc2[N+](=O)[O-])C1. The quantitative estimate of drug-likeness (QED) is 0.492. The zero-order valence-electron chi connectivity index (χ0n) is 9.88. The molecule has 0 spiro atoms. The number of anilines is 1. The highest BCUT2D eigenvalue weighted by molar-refractivity contribution is 5.96. The Labute approximate surface area is 108 Å². The van der Waals surface area contributed by atoms with Crippen LogP contribution in [-0.2, 0) is 4.79 Å². The molecule has 2 rings (SSSR count). The predicted molar refractivity (Wildman–Crippen MR) is 66.9 cm³/mol. The second-order valence-corrected chi connectivity index (χ2v) is 4.27. The van der Waals surface area contributed by atoms with Crippen LogP contribution in [0, 0.1) is 21.8 Å². The number of carbonyl (C=O) groups excluding carboxylic acids is 1. The Kier molecular flexibility index (Phi) is 3.57. The molecule has 0 bridgehead atoms. The van der Waals surface area contributed by atoms with E-state index >= 15 is 0 Å². The molecule has 1 aromatic carbocycles. The van der Waals surface area contributed by atoms with Gasteiger partial charge in [-0.2, -0.15) is 0 Å². The molecule has 1 aromatic rings. The van der Waals surface area contributed by atoms with E-state index in [1.165, 1.54) is 6.07 Å². The van der Waals surface area contributed by atoms with Crippen LogP contribution in [0.4, 0.5) is 15.8 Å². The molecule has 100 valence electrons. The van der Waals surface area contributed by atoms with Crippen molar-refractivity contribution in [1.82, 2.24) is 0 Å². The Morgan fingerprint density at radius 2 is 2.21 bits per heavy atom. The monoisotopic (exact) mass is 265 g/mol. The van der Waals surface area contributed by atoms with Crippen molar-refractivity contribution in [3.8, 4) is 0 Å². The fraction of sp³-hybridized carbons (Fsp3) is 0.250. The second-order valence-electron chi connectivity index (χ2n) is 4.27. The number of para-hydroxylation sites is 1. The molecule has 0 heterocycles. The third-order valence-electron chi connectivity index (χ3n) is 2.89. The predicted octanol–water partition coefficient (Wildman–Crippen LogP) is 1.58. The Balaban J connectivity index is 2.21. The Bertz CT molecular complexity index is 559. The maximum atomic E-state index is 13.6. The number of hydrogen-bond acceptors (Lipinski definition) is 4. The summed E-state index contributed by atoms with van der Waals surface area (Å²) in [6, 6.07) is 3.19. The van der Waals surface area contributed by atoms with E-state index in [4.69, 9.17) is 5.73 Å². The molecule has 0 fully saturated rings. The molecule has 7 heteroatoms. The summed E-state index contributed by atoms with van der Waals surface area (Å²) in [4.78, 5) is 21.9. The van der Waals surface area contributed by atoms with Gasteiger partial charge >= 0.3 is 0 Å². The van der Waals surface area contributed by atoms with Crippen LogP contribution in [0.1, 0.15) is 6.42 Å². The molecule has 19 heavy (non-hydrogen) atoms. The zero-order valence-corrected chi connectivity index (χ0v) is 9.88. The van der Waals surface area contributed by atoms with Crippen molar-refractivity contribution in [2.45, 2.75) is 12.5 Å². The molecule has 0 radical (unpaired) electrons. The molecule has 6 nitrogen and oxygen atoms in total. The minimum absolute atomic E-state index is 0.216. The number of carbonyl (C=O) groups is 1. The van der Waals surface area contributed by atoms with E-state index in [-0.39, 0.29) is 6.04 Å². The van der Waals surface area contributed by atoms with Crippen LogP contribution in [0.15, 0.2) is 30.4 Å². The third-order valence-corrected chi connectivity index (χ3v) is 2.89. The number of halogens is 1. The number of rotatable bonds is 3. The Morgan fingerprint density at radius 3 is 2.79 bits per heavy atom. The highest BCUT2D eigenvalue weighted by Gasteiger charge is 2.26. The molecule has 2 unspecified atom stereocenters. The average molecular weight is 265 g/mol. The van der Waals surface area contributed by atoms with Gasteiger partial charge in [-0.25, -0.2) is 4.39 Å². The van der Waals surface area contributed by atoms with Crippen LogP contribution >= 0.6 is 0 Å². The van der Waals surface area contributed by atoms with Gasteiger partial charge in [0.15, 0.2) is 11.5 Å². The summed E-state index contributed by atoms with van der Waals surface area (Å²) in [6.45, 7) is 0. The molecule has 3 N–H and O–H groups in total. The van der Waals surface area contributed by atoms with Gasteiger partial charge in [-0.3, -0.25) is 14.9 Å². The van der Waals surface area contributed by atoms with Gasteiger partial charge in [-0.05, 0) is 12.5 Å². The molecule has 0 saturated heterocycles. The van der Waals surface area contributed by atoms with Crippen molar-refractivity contribution in [1.29, 1.82) is 0 Å². The van der Waals surface area contributed by atoms with Crippen molar-refractivity contribution in [2.24, 2.45) is 11.7 Å². The highest BCUT2D eigenvalue weighted by Crippen LogP contribution is 2.28. The molecule has 0 aliphatic heterocycles. The summed E-state index contributed by atoms with van der Waals surface area (Å²) in [6.07, 6.45) is 3.71. The second kappa shape index (κ2) is 5.15. The van der Waals surface area contributed by atoms with Crippen LogP contribution in [0.2, 0.25) is 0 Å². The maximum absolute atomic E-state index is 13.6. The lowest BCUT2D eigenvalue weighted by atomic mass is 10.1. The molecular weight excluding hydrogens is 253 g/mol. The zero-order chi connectivity index (χ0) is 14.0. The van der Waals surface area contributed by atoms with Gasteiger partial charge in [-0.1, -0.05) is 18.2 Å². The largest absolute Gasteiger partial charge is 0.324 e. The number of nitro groups is 1. The highest BCUT2D eigenvalue weighted by atomic mass is 19.1. The molecular formula is C12H12FN3O3. The van der Waals surface area contributed by atoms with Gasteiger partial charge < -0.3 is 11.1 Å². The van der Waals surface area contributed by atoms with Gasteiger partial charge in [0.2, 0.25) is 5.91 Å². The lowest BCUT2D eigenvalue weighted by Gasteiger charge is -2.11. The third kappa shape index (κ3) is 2.76. The topological polar surface area (TPSA) is 98.3 Å². The first-order chi connectivity index (χ1) is 8.99. The fourth-order valence-corrected chi connectivity index (χ4v) is 1.93. The molecule has 1 aliphatic carbocycles. The van der Waals surface area contributed by atoms with Crippen molar-refractivity contribution in [2.75, 3.05) is 5.32 Å². The van der Waals surface area contributed by atoms with E-state index in [9.17, 15) is 19.3 Å². The van der Waals surface area contributed by atoms with Gasteiger partial charge in [0.25, 0.3) is 5.69 Å². The van der Waals surface area contributed by atoms with E-state index in [1.54, 1.807) is 12.2 Å². The normalized spacial score (nSPS) is 21.4. The van der Waals surface area contributed by atoms with Crippen LogP contribution in [-0.4, -0.2) is 16.9 Å². The first kappa shape index (κ1) is 13.2. The molecule has 1 amide bonds. The maximum Gasteiger partial charge on any atom is 0.295 e. The molecule has 1 aliphatic rings. The summed E-state index contributed by atoms with van der Waals surface area (Å²) in [7, 11) is 0. The molecule has 0 saturated carbocycles. The summed E-state index contributed by atoms with van der Waals surface area (Å²) in [5.41, 5.74) is 4.73. The summed E-state index contributed by atoms with van der Waals surface area (Å²) >= 11 is 0. The lowest BCUT2D eigenvalue weighted by molar-refractivity contribution is -0.384. The molecule has 0 aromatic heterocycles. The lowest BCUT2D eigenvalue weighted by Crippen LogP contribution is -2.24. The van der Waals surface area contributed by atoms with Gasteiger partial charge in [-0.15, -0.1) is 0 Å². The number of nitrogens with one attached hydrogen (secondary N) is 1. The van der Waals surface area contributed by atoms with Crippen LogP contribution < -0.4 is 11.1 Å². The van der Waals surface area contributed by atoms with E-state index in [0.717, 1.165) is 12.1 Å². The van der Waals surface area contributed by atoms with Crippen molar-refractivity contribution >= 4 is 17.3 Å². The number of nitrogens with two attached hydrogens (primary N) is 1. The minimum atomic E-state index is -0.839. The van der Waals surface area contributed by atoms with Crippen molar-refractivity contribution < 1.29 is 14.1 Å². The standard InChI is InChI=1S/C12H12FN3O3/c13-9-2-1-3-10(16(18)19)11(9)15-12(17)7-4-5-8(14)6-7/h1-5,7-8H,6,14H2,(H,15,17). The fourth-order valence-electron chi connectivity index (χ4n) is 1.93. The summed E-state index contributed by atoms with van der Waals surface area (Å²) in [5, 5.41) is 13.0. The minimum Gasteiger partial charge on any atom is -0.324 e. The van der Waals surface area contributed by atoms with E-state index in [2.05, 4.69) is 5.32 Å². The Hall–Kier alpha value is -2.28. The van der Waals surface area contributed by atoms with Gasteiger partial charge in [0, 0.05) is 12.1 Å². The summed E-state index contributed by atoms with van der Waals surface area (Å²) in [5.74, 6) is -1.83. The van der Waals surface area contributed by atoms with E-state index in [0.29, 0.717) is 6.42 Å². The first-order valence-corrected chi connectivity index (χ1v) is 5.66. The van der Waals surface area contributed by atoms with Crippen LogP contribution in [0.5, 0.6) is 0 Å². The first-order valence-electron chi connectivity index (χ1n) is 5.66. The van der Waals surface area contributed by atoms with Crippen molar-refractivity contribution in [3.05, 3.63) is 46.3 Å². The summed E-state index contributed by atoms with van der Waals surface area (Å²) < 4.78 is 13.6. The van der Waals surface area contributed by atoms with Crippen molar-refractivity contribution in [3.63, 3.8) is 0 Å². The Morgan fingerprint density at radius 1 is 1.47 bits per heavy atom. The van der Waals surface area contributed by atoms with Crippen LogP contribution in [0.3, 0.4) is 0 Å².